The van der Waals surface area contributed by atoms with Gasteiger partial charge in [0.2, 0.25) is 0 Å². The summed E-state index contributed by atoms with van der Waals surface area (Å²) < 4.78 is 28.6. The lowest BCUT2D eigenvalue weighted by atomic mass is 10.1. The van der Waals surface area contributed by atoms with Crippen LogP contribution in [0.25, 0.3) is 10.9 Å². The van der Waals surface area contributed by atoms with E-state index in [0.29, 0.717) is 36.5 Å². The quantitative estimate of drug-likeness (QED) is 0.495. The van der Waals surface area contributed by atoms with E-state index in [1.165, 1.54) is 23.9 Å². The zero-order chi connectivity index (χ0) is 28.0. The first-order chi connectivity index (χ1) is 18.6. The van der Waals surface area contributed by atoms with E-state index in [9.17, 15) is 18.8 Å². The van der Waals surface area contributed by atoms with Gasteiger partial charge in [-0.15, -0.1) is 0 Å². The van der Waals surface area contributed by atoms with Crippen molar-refractivity contribution in [3.05, 3.63) is 51.3 Å². The summed E-state index contributed by atoms with van der Waals surface area (Å²) >= 11 is 0. The molecule has 2 aliphatic rings. The molecule has 3 aromatic rings. The van der Waals surface area contributed by atoms with E-state index in [2.05, 4.69) is 5.10 Å². The highest BCUT2D eigenvalue weighted by atomic mass is 19.1. The predicted octanol–water partition coefficient (Wildman–Crippen LogP) is 3.45. The molecule has 0 N–H and O–H groups in total. The Morgan fingerprint density at radius 1 is 1.13 bits per heavy atom. The third-order valence-corrected chi connectivity index (χ3v) is 7.54. The zero-order valence-corrected chi connectivity index (χ0v) is 23.0. The Kier molecular flexibility index (Phi) is 7.09. The molecule has 2 amide bonds. The van der Waals surface area contributed by atoms with Crippen LogP contribution in [-0.4, -0.2) is 75.9 Å². The number of aromatic nitrogens is 3. The molecule has 0 saturated carbocycles. The SMILES string of the molecule is COc1c2n(c3c4nn(c(=O)c13)Cc1ccc(F)cc1OCCCCCN(C)C4=O)[C@@H](C)CN(C(C)C)C2=O. The van der Waals surface area contributed by atoms with Crippen molar-refractivity contribution in [2.75, 3.05) is 33.9 Å². The second-order valence-electron chi connectivity index (χ2n) is 10.6. The molecule has 1 atom stereocenters. The minimum atomic E-state index is -0.513. The first-order valence-corrected chi connectivity index (χ1v) is 13.3. The molecule has 5 rings (SSSR count). The molecule has 0 radical (unpaired) electrons. The van der Waals surface area contributed by atoms with Gasteiger partial charge in [-0.05, 0) is 46.1 Å². The number of ether oxygens (including phenoxy) is 2. The molecule has 0 spiro atoms. The van der Waals surface area contributed by atoms with E-state index >= 15 is 0 Å². The number of halogens is 1. The van der Waals surface area contributed by atoms with Crippen LogP contribution in [0, 0.1) is 5.82 Å². The summed E-state index contributed by atoms with van der Waals surface area (Å²) in [6.07, 6.45) is 2.29. The maximum absolute atomic E-state index is 14.1. The van der Waals surface area contributed by atoms with Crippen molar-refractivity contribution in [3.8, 4) is 11.5 Å². The Morgan fingerprint density at radius 3 is 2.62 bits per heavy atom. The molecule has 10 nitrogen and oxygen atoms in total. The van der Waals surface area contributed by atoms with E-state index in [1.807, 2.05) is 20.8 Å². The van der Waals surface area contributed by atoms with E-state index in [0.717, 1.165) is 19.3 Å². The van der Waals surface area contributed by atoms with Crippen LogP contribution in [0.2, 0.25) is 0 Å². The van der Waals surface area contributed by atoms with Crippen LogP contribution >= 0.6 is 0 Å². The topological polar surface area (TPSA) is 98.9 Å². The van der Waals surface area contributed by atoms with Crippen molar-refractivity contribution < 1.29 is 23.5 Å². The maximum atomic E-state index is 14.1. The first-order valence-electron chi connectivity index (χ1n) is 13.3. The van der Waals surface area contributed by atoms with Gasteiger partial charge in [0.25, 0.3) is 17.4 Å². The summed E-state index contributed by atoms with van der Waals surface area (Å²) in [4.78, 5) is 44.9. The molecule has 11 heteroatoms. The third-order valence-electron chi connectivity index (χ3n) is 7.54. The van der Waals surface area contributed by atoms with Crippen LogP contribution < -0.4 is 15.0 Å². The van der Waals surface area contributed by atoms with Gasteiger partial charge in [-0.1, -0.05) is 6.07 Å². The predicted molar refractivity (Wildman–Crippen MR) is 143 cm³/mol. The summed E-state index contributed by atoms with van der Waals surface area (Å²) in [6.45, 7) is 7.03. The van der Waals surface area contributed by atoms with Crippen LogP contribution in [0.4, 0.5) is 4.39 Å². The average Bonchev–Trinajstić information content (AvgIpc) is 3.26. The van der Waals surface area contributed by atoms with Gasteiger partial charge in [-0.3, -0.25) is 14.4 Å². The van der Waals surface area contributed by atoms with Crippen LogP contribution in [0.15, 0.2) is 23.0 Å². The monoisotopic (exact) mass is 539 g/mol. The number of hydrogen-bond acceptors (Lipinski definition) is 6. The van der Waals surface area contributed by atoms with Crippen LogP contribution in [0.3, 0.4) is 0 Å². The smallest absolute Gasteiger partial charge is 0.280 e. The molecule has 0 saturated heterocycles. The lowest BCUT2D eigenvalue weighted by Crippen LogP contribution is -2.46. The standard InChI is InChI=1S/C28H34FN5O5/c1-16(2)32-14-17(3)34-23-21(25(38-5)24(34)28(32)37)26(35)33-15-18-9-10-19(29)13-20(18)39-12-8-6-7-11-31(4)27(36)22(23)30-33/h9-10,13,16-17H,6-8,11-12,14-15H2,1-5H3/t17-/m0/s1. The normalized spacial score (nSPS) is 18.6. The van der Waals surface area contributed by atoms with Crippen molar-refractivity contribution in [2.24, 2.45) is 0 Å². The Morgan fingerprint density at radius 2 is 1.90 bits per heavy atom. The van der Waals surface area contributed by atoms with E-state index in [1.54, 1.807) is 27.5 Å². The molecule has 4 heterocycles. The van der Waals surface area contributed by atoms with Crippen molar-refractivity contribution in [1.29, 1.82) is 0 Å². The van der Waals surface area contributed by atoms with E-state index < -0.39 is 11.4 Å². The van der Waals surface area contributed by atoms with Crippen molar-refractivity contribution in [3.63, 3.8) is 0 Å². The van der Waals surface area contributed by atoms with Gasteiger partial charge in [-0.2, -0.15) is 5.10 Å². The average molecular weight is 540 g/mol. The summed E-state index contributed by atoms with van der Waals surface area (Å²) in [5.41, 5.74) is 0.633. The Balaban J connectivity index is 1.82. The molecule has 208 valence electrons. The maximum Gasteiger partial charge on any atom is 0.280 e. The Bertz CT molecular complexity index is 1510. The minimum absolute atomic E-state index is 0.0559. The van der Waals surface area contributed by atoms with Gasteiger partial charge < -0.3 is 23.8 Å². The first kappa shape index (κ1) is 26.7. The molecule has 39 heavy (non-hydrogen) atoms. The van der Waals surface area contributed by atoms with Crippen LogP contribution in [0.5, 0.6) is 11.5 Å². The van der Waals surface area contributed by atoms with Gasteiger partial charge in [0.1, 0.15) is 17.0 Å². The molecule has 0 unspecified atom stereocenters. The fraction of sp³-hybridized carbons (Fsp3) is 0.500. The van der Waals surface area contributed by atoms with Gasteiger partial charge in [0.15, 0.2) is 17.1 Å². The molecule has 0 aliphatic carbocycles. The Hall–Kier alpha value is -3.89. The Labute approximate surface area is 225 Å². The molecular weight excluding hydrogens is 505 g/mol. The lowest BCUT2D eigenvalue weighted by molar-refractivity contribution is 0.0613. The number of carbonyl (C=O) groups excluding carboxylic acids is 2. The fourth-order valence-electron chi connectivity index (χ4n) is 5.51. The number of amides is 2. The number of rotatable bonds is 2. The highest BCUT2D eigenvalue weighted by molar-refractivity contribution is 6.11. The van der Waals surface area contributed by atoms with Gasteiger partial charge >= 0.3 is 0 Å². The molecule has 2 aromatic heterocycles. The number of nitrogens with zero attached hydrogens (tertiary/aromatic N) is 5. The van der Waals surface area contributed by atoms with Crippen molar-refractivity contribution in [1.82, 2.24) is 24.1 Å². The van der Waals surface area contributed by atoms with Gasteiger partial charge in [0, 0.05) is 43.9 Å². The lowest BCUT2D eigenvalue weighted by Gasteiger charge is -2.36. The molecule has 1 aromatic carbocycles. The number of fused-ring (bicyclic) bond motifs is 7. The van der Waals surface area contributed by atoms with Crippen molar-refractivity contribution in [2.45, 2.75) is 58.7 Å². The second-order valence-corrected chi connectivity index (χ2v) is 10.6. The number of hydrogen-bond donors (Lipinski definition) is 0. The van der Waals surface area contributed by atoms with Crippen molar-refractivity contribution >= 4 is 22.7 Å². The summed E-state index contributed by atoms with van der Waals surface area (Å²) in [5, 5.41) is 4.70. The van der Waals surface area contributed by atoms with Crippen LogP contribution in [0.1, 0.15) is 72.6 Å². The summed E-state index contributed by atoms with van der Waals surface area (Å²) in [5.74, 6) is -0.622. The molecule has 0 fully saturated rings. The number of benzene rings is 1. The third kappa shape index (κ3) is 4.53. The minimum Gasteiger partial charge on any atom is -0.493 e. The highest BCUT2D eigenvalue weighted by Crippen LogP contribution is 2.39. The molecule has 2 aliphatic heterocycles. The second kappa shape index (κ2) is 10.3. The number of carbonyl (C=O) groups is 2. The largest absolute Gasteiger partial charge is 0.493 e. The summed E-state index contributed by atoms with van der Waals surface area (Å²) in [6, 6.07) is 3.85. The molecule has 2 bridgehead atoms. The zero-order valence-electron chi connectivity index (χ0n) is 23.0. The number of methoxy groups -OCH3 is 1. The van der Waals surface area contributed by atoms with E-state index in [-0.39, 0.29) is 53.0 Å². The fourth-order valence-corrected chi connectivity index (χ4v) is 5.51. The van der Waals surface area contributed by atoms with Gasteiger partial charge in [-0.25, -0.2) is 9.07 Å². The molecular formula is C28H34FN5O5. The van der Waals surface area contributed by atoms with Crippen LogP contribution in [-0.2, 0) is 6.54 Å². The van der Waals surface area contributed by atoms with Gasteiger partial charge in [0.05, 0.1) is 25.8 Å². The highest BCUT2D eigenvalue weighted by Gasteiger charge is 2.39. The summed E-state index contributed by atoms with van der Waals surface area (Å²) in [7, 11) is 3.12. The van der Waals surface area contributed by atoms with E-state index in [4.69, 9.17) is 9.47 Å².